The van der Waals surface area contributed by atoms with Crippen LogP contribution in [0.15, 0.2) is 40.6 Å². The van der Waals surface area contributed by atoms with Crippen LogP contribution in [0.25, 0.3) is 6.08 Å². The molecule has 14 heavy (non-hydrogen) atoms. The second-order valence-electron chi connectivity index (χ2n) is 3.12. The highest BCUT2D eigenvalue weighted by Gasteiger charge is 2.09. The van der Waals surface area contributed by atoms with Crippen molar-refractivity contribution in [2.75, 3.05) is 6.61 Å². The average molecular weight is 184 g/mol. The predicted molar refractivity (Wildman–Crippen MR) is 52.4 cm³/mol. The van der Waals surface area contributed by atoms with Gasteiger partial charge in [0.1, 0.15) is 12.0 Å². The van der Waals surface area contributed by atoms with E-state index in [0.717, 1.165) is 22.0 Å². The Balaban J connectivity index is 2.39. The number of benzene rings is 1. The summed E-state index contributed by atoms with van der Waals surface area (Å²) in [4.78, 5) is 8.50. The van der Waals surface area contributed by atoms with Gasteiger partial charge < -0.3 is 4.74 Å². The topological polar surface area (TPSA) is 34.0 Å². The maximum absolute atomic E-state index is 5.60. The van der Waals surface area contributed by atoms with E-state index in [1.807, 2.05) is 24.3 Å². The van der Waals surface area contributed by atoms with Gasteiger partial charge >= 0.3 is 0 Å². The van der Waals surface area contributed by atoms with Crippen LogP contribution in [0, 0.1) is 0 Å². The number of rotatable bonds is 0. The molecule has 0 radical (unpaired) electrons. The molecule has 0 unspecified atom stereocenters. The molecule has 3 rings (SSSR count). The minimum Gasteiger partial charge on any atom is -0.486 e. The lowest BCUT2D eigenvalue weighted by Gasteiger charge is -2.04. The molecule has 0 N–H and O–H groups in total. The molecule has 2 aliphatic rings. The van der Waals surface area contributed by atoms with Gasteiger partial charge in [-0.1, -0.05) is 0 Å². The van der Waals surface area contributed by atoms with Crippen LogP contribution in [0.3, 0.4) is 0 Å². The molecule has 0 saturated heterocycles. The van der Waals surface area contributed by atoms with Crippen molar-refractivity contribution in [1.82, 2.24) is 0 Å². The van der Waals surface area contributed by atoms with E-state index in [2.05, 4.69) is 9.98 Å². The SMILES string of the molecule is C1=CN=c2ccc3c(c2OC1)C=CN=3. The standard InChI is InChI=1S/C11H8N2O/c1-5-12-10-3-2-9-8(4-6-13-9)11(10)14-7-1/h1-6H,7H2. The molecule has 0 fully saturated rings. The second kappa shape index (κ2) is 2.80. The molecule has 2 heterocycles. The number of fused-ring (bicyclic) bond motifs is 3. The fraction of sp³-hybridized carbons (Fsp3) is 0.0909. The van der Waals surface area contributed by atoms with E-state index in [-0.39, 0.29) is 0 Å². The molecule has 2 aliphatic heterocycles. The third-order valence-corrected chi connectivity index (χ3v) is 2.25. The van der Waals surface area contributed by atoms with Gasteiger partial charge in [-0.3, -0.25) is 9.98 Å². The van der Waals surface area contributed by atoms with E-state index >= 15 is 0 Å². The molecule has 1 aromatic carbocycles. The zero-order chi connectivity index (χ0) is 9.38. The zero-order valence-corrected chi connectivity index (χ0v) is 7.47. The molecule has 0 amide bonds. The Morgan fingerprint density at radius 3 is 2.93 bits per heavy atom. The first kappa shape index (κ1) is 7.50. The number of ether oxygens (including phenoxy) is 1. The fourth-order valence-corrected chi connectivity index (χ4v) is 1.60. The maximum Gasteiger partial charge on any atom is 0.154 e. The van der Waals surface area contributed by atoms with Gasteiger partial charge in [-0.05, 0) is 24.3 Å². The predicted octanol–water partition coefficient (Wildman–Crippen LogP) is 0.816. The van der Waals surface area contributed by atoms with Crippen molar-refractivity contribution >= 4 is 6.08 Å². The second-order valence-corrected chi connectivity index (χ2v) is 3.12. The number of hydrogen-bond donors (Lipinski definition) is 0. The van der Waals surface area contributed by atoms with Gasteiger partial charge in [0.15, 0.2) is 5.75 Å². The van der Waals surface area contributed by atoms with Crippen molar-refractivity contribution < 1.29 is 4.74 Å². The van der Waals surface area contributed by atoms with E-state index < -0.39 is 0 Å². The molecule has 0 spiro atoms. The summed E-state index contributed by atoms with van der Waals surface area (Å²) < 4.78 is 5.60. The normalized spacial score (nSPS) is 16.0. The molecule has 0 aliphatic carbocycles. The van der Waals surface area contributed by atoms with Crippen molar-refractivity contribution in [1.29, 1.82) is 0 Å². The lowest BCUT2D eigenvalue weighted by Crippen LogP contribution is -2.15. The summed E-state index contributed by atoms with van der Waals surface area (Å²) in [6.07, 6.45) is 7.40. The first-order valence-electron chi connectivity index (χ1n) is 4.48. The highest BCUT2D eigenvalue weighted by atomic mass is 16.5. The molecule has 3 nitrogen and oxygen atoms in total. The van der Waals surface area contributed by atoms with Crippen LogP contribution in [0.1, 0.15) is 5.56 Å². The van der Waals surface area contributed by atoms with Crippen molar-refractivity contribution in [3.8, 4) is 5.75 Å². The van der Waals surface area contributed by atoms with Crippen LogP contribution in [-0.4, -0.2) is 6.61 Å². The van der Waals surface area contributed by atoms with E-state index in [9.17, 15) is 0 Å². The Labute approximate surface area is 80.8 Å². The molecule has 3 heteroatoms. The highest BCUT2D eigenvalue weighted by molar-refractivity contribution is 5.59. The van der Waals surface area contributed by atoms with Gasteiger partial charge in [0.05, 0.1) is 5.36 Å². The van der Waals surface area contributed by atoms with Crippen molar-refractivity contribution in [3.63, 3.8) is 0 Å². The van der Waals surface area contributed by atoms with Gasteiger partial charge in [-0.25, -0.2) is 0 Å². The Morgan fingerprint density at radius 2 is 1.93 bits per heavy atom. The van der Waals surface area contributed by atoms with Crippen LogP contribution >= 0.6 is 0 Å². The first-order valence-corrected chi connectivity index (χ1v) is 4.48. The van der Waals surface area contributed by atoms with Crippen molar-refractivity contribution in [3.05, 3.63) is 46.9 Å². The number of nitrogens with zero attached hydrogens (tertiary/aromatic N) is 2. The number of hydrogen-bond acceptors (Lipinski definition) is 3. The van der Waals surface area contributed by atoms with E-state index in [4.69, 9.17) is 4.74 Å². The van der Waals surface area contributed by atoms with Crippen LogP contribution < -0.4 is 15.5 Å². The lowest BCUT2D eigenvalue weighted by atomic mass is 10.2. The zero-order valence-electron chi connectivity index (χ0n) is 7.47. The van der Waals surface area contributed by atoms with Gasteiger partial charge in [0, 0.05) is 18.0 Å². The summed E-state index contributed by atoms with van der Waals surface area (Å²) in [5.74, 6) is 0.838. The summed E-state index contributed by atoms with van der Waals surface area (Å²) in [6.45, 7) is 0.570. The molecule has 0 bridgehead atoms. The van der Waals surface area contributed by atoms with Crippen molar-refractivity contribution in [2.24, 2.45) is 9.98 Å². The monoisotopic (exact) mass is 184 g/mol. The minimum absolute atomic E-state index is 0.570. The Bertz CT molecular complexity index is 555. The molecule has 0 atom stereocenters. The molecule has 1 aromatic rings. The minimum atomic E-state index is 0.570. The van der Waals surface area contributed by atoms with Crippen molar-refractivity contribution in [2.45, 2.75) is 0 Å². The van der Waals surface area contributed by atoms with E-state index in [1.165, 1.54) is 0 Å². The fourth-order valence-electron chi connectivity index (χ4n) is 1.60. The van der Waals surface area contributed by atoms with Gasteiger partial charge in [0.2, 0.25) is 0 Å². The van der Waals surface area contributed by atoms with E-state index in [0.29, 0.717) is 6.61 Å². The summed E-state index contributed by atoms with van der Waals surface area (Å²) in [7, 11) is 0. The summed E-state index contributed by atoms with van der Waals surface area (Å²) in [6, 6.07) is 3.89. The average Bonchev–Trinajstić information content (AvgIpc) is 2.55. The summed E-state index contributed by atoms with van der Waals surface area (Å²) >= 11 is 0. The Hall–Kier alpha value is -1.90. The van der Waals surface area contributed by atoms with E-state index in [1.54, 1.807) is 12.4 Å². The molecular formula is C11H8N2O. The quantitative estimate of drug-likeness (QED) is 0.587. The summed E-state index contributed by atoms with van der Waals surface area (Å²) in [5, 5.41) is 1.83. The molecule has 0 saturated carbocycles. The molecular weight excluding hydrogens is 176 g/mol. The third-order valence-electron chi connectivity index (χ3n) is 2.25. The van der Waals surface area contributed by atoms with Crippen LogP contribution in [-0.2, 0) is 0 Å². The van der Waals surface area contributed by atoms with Crippen LogP contribution in [0.5, 0.6) is 5.75 Å². The summed E-state index contributed by atoms with van der Waals surface area (Å²) in [5.41, 5.74) is 1.04. The molecule has 0 aromatic heterocycles. The largest absolute Gasteiger partial charge is 0.486 e. The van der Waals surface area contributed by atoms with Crippen LogP contribution in [0.2, 0.25) is 0 Å². The van der Waals surface area contributed by atoms with Gasteiger partial charge in [-0.2, -0.15) is 0 Å². The Kier molecular flexibility index (Phi) is 1.50. The maximum atomic E-state index is 5.60. The first-order chi connectivity index (χ1) is 6.95. The smallest absolute Gasteiger partial charge is 0.154 e. The van der Waals surface area contributed by atoms with Gasteiger partial charge in [-0.15, -0.1) is 0 Å². The lowest BCUT2D eigenvalue weighted by molar-refractivity contribution is 0.359. The van der Waals surface area contributed by atoms with Crippen LogP contribution in [0.4, 0.5) is 0 Å². The Morgan fingerprint density at radius 1 is 1.07 bits per heavy atom. The van der Waals surface area contributed by atoms with Gasteiger partial charge in [0.25, 0.3) is 0 Å². The third kappa shape index (κ3) is 0.988. The highest BCUT2D eigenvalue weighted by Crippen LogP contribution is 2.14. The molecule has 68 valence electrons.